The lowest BCUT2D eigenvalue weighted by molar-refractivity contribution is 0.282. The highest BCUT2D eigenvalue weighted by molar-refractivity contribution is 7.09. The molecule has 0 saturated carbocycles. The number of aryl methyl sites for hydroxylation is 1. The lowest BCUT2D eigenvalue weighted by Gasteiger charge is -2.20. The Balaban J connectivity index is 1.43. The summed E-state index contributed by atoms with van der Waals surface area (Å²) in [6.07, 6.45) is 5.09. The molecule has 0 aromatic carbocycles. The van der Waals surface area contributed by atoms with E-state index < -0.39 is 0 Å². The second-order valence-corrected chi connectivity index (χ2v) is 7.25. The predicted octanol–water partition coefficient (Wildman–Crippen LogP) is 2.86. The van der Waals surface area contributed by atoms with E-state index in [9.17, 15) is 0 Å². The standard InChI is InChI=1S/C16H19ClN6S/c1-12-18-16(24-20-12)22-6-2-5-21(7-8-22)10-14-11-23-9-13(17)3-4-15(23)19-14/h3-4,9,11H,2,5-8,10H2,1H3. The monoisotopic (exact) mass is 362 g/mol. The number of imidazole rings is 1. The maximum absolute atomic E-state index is 6.04. The van der Waals surface area contributed by atoms with Crippen LogP contribution in [-0.2, 0) is 6.54 Å². The molecule has 0 radical (unpaired) electrons. The largest absolute Gasteiger partial charge is 0.346 e. The Morgan fingerprint density at radius 1 is 1.12 bits per heavy atom. The van der Waals surface area contributed by atoms with Gasteiger partial charge in [0.1, 0.15) is 11.5 Å². The van der Waals surface area contributed by atoms with E-state index in [0.29, 0.717) is 0 Å². The van der Waals surface area contributed by atoms with Gasteiger partial charge in [-0.2, -0.15) is 4.37 Å². The molecule has 4 rings (SSSR count). The Bertz CT molecular complexity index is 844. The van der Waals surface area contributed by atoms with E-state index in [1.165, 1.54) is 11.5 Å². The fourth-order valence-corrected chi connectivity index (χ4v) is 3.95. The van der Waals surface area contributed by atoms with E-state index in [4.69, 9.17) is 11.6 Å². The highest BCUT2D eigenvalue weighted by atomic mass is 35.5. The van der Waals surface area contributed by atoms with Crippen molar-refractivity contribution < 1.29 is 0 Å². The van der Waals surface area contributed by atoms with Crippen molar-refractivity contribution >= 4 is 33.9 Å². The van der Waals surface area contributed by atoms with Gasteiger partial charge in [0.05, 0.1) is 10.7 Å². The first kappa shape index (κ1) is 15.8. The fraction of sp³-hybridized carbons (Fsp3) is 0.438. The zero-order valence-corrected chi connectivity index (χ0v) is 15.1. The molecule has 4 heterocycles. The molecule has 3 aromatic rings. The summed E-state index contributed by atoms with van der Waals surface area (Å²) in [6, 6.07) is 3.83. The molecule has 1 saturated heterocycles. The Labute approximate surface area is 149 Å². The van der Waals surface area contributed by atoms with Gasteiger partial charge in [0.15, 0.2) is 0 Å². The van der Waals surface area contributed by atoms with E-state index in [1.807, 2.05) is 29.7 Å². The Morgan fingerprint density at radius 3 is 2.88 bits per heavy atom. The van der Waals surface area contributed by atoms with E-state index in [2.05, 4.69) is 30.3 Å². The van der Waals surface area contributed by atoms with Crippen LogP contribution in [0.3, 0.4) is 0 Å². The lowest BCUT2D eigenvalue weighted by atomic mass is 10.3. The van der Waals surface area contributed by atoms with Crippen LogP contribution in [0.15, 0.2) is 24.5 Å². The van der Waals surface area contributed by atoms with E-state index >= 15 is 0 Å². The Hall–Kier alpha value is -1.70. The minimum absolute atomic E-state index is 0.726. The summed E-state index contributed by atoms with van der Waals surface area (Å²) >= 11 is 7.54. The number of fused-ring (bicyclic) bond motifs is 1. The van der Waals surface area contributed by atoms with Gasteiger partial charge in [0.25, 0.3) is 0 Å². The number of aromatic nitrogens is 4. The number of nitrogens with zero attached hydrogens (tertiary/aromatic N) is 6. The molecule has 0 spiro atoms. The second-order valence-electron chi connectivity index (χ2n) is 6.09. The molecule has 3 aromatic heterocycles. The minimum atomic E-state index is 0.726. The summed E-state index contributed by atoms with van der Waals surface area (Å²) < 4.78 is 6.28. The third kappa shape index (κ3) is 3.38. The van der Waals surface area contributed by atoms with Crippen LogP contribution in [0.4, 0.5) is 5.13 Å². The van der Waals surface area contributed by atoms with Gasteiger partial charge in [-0.05, 0) is 25.5 Å². The molecule has 0 unspecified atom stereocenters. The van der Waals surface area contributed by atoms with E-state index in [-0.39, 0.29) is 0 Å². The van der Waals surface area contributed by atoms with Gasteiger partial charge in [-0.15, -0.1) is 0 Å². The summed E-state index contributed by atoms with van der Waals surface area (Å²) in [6.45, 7) is 6.90. The molecular formula is C16H19ClN6S. The summed E-state index contributed by atoms with van der Waals surface area (Å²) in [5.74, 6) is 0.861. The summed E-state index contributed by atoms with van der Waals surface area (Å²) in [7, 11) is 0. The van der Waals surface area contributed by atoms with Crippen molar-refractivity contribution in [2.75, 3.05) is 31.1 Å². The van der Waals surface area contributed by atoms with E-state index in [1.54, 1.807) is 0 Å². The van der Waals surface area contributed by atoms with Crippen LogP contribution in [0.5, 0.6) is 0 Å². The van der Waals surface area contributed by atoms with Gasteiger partial charge < -0.3 is 9.30 Å². The number of rotatable bonds is 3. The van der Waals surface area contributed by atoms with Gasteiger partial charge in [-0.1, -0.05) is 11.6 Å². The summed E-state index contributed by atoms with van der Waals surface area (Å²) in [4.78, 5) is 14.0. The fourth-order valence-electron chi connectivity index (χ4n) is 3.06. The van der Waals surface area contributed by atoms with Crippen molar-refractivity contribution in [1.82, 2.24) is 23.6 Å². The molecule has 6 nitrogen and oxygen atoms in total. The van der Waals surface area contributed by atoms with Crippen LogP contribution >= 0.6 is 23.1 Å². The van der Waals surface area contributed by atoms with Crippen LogP contribution in [0, 0.1) is 6.92 Å². The first-order valence-electron chi connectivity index (χ1n) is 8.08. The number of hydrogen-bond donors (Lipinski definition) is 0. The first-order chi connectivity index (χ1) is 11.7. The number of pyridine rings is 1. The molecule has 0 atom stereocenters. The zero-order chi connectivity index (χ0) is 16.5. The summed E-state index contributed by atoms with van der Waals surface area (Å²) in [5, 5.41) is 1.76. The number of hydrogen-bond acceptors (Lipinski definition) is 6. The molecule has 1 fully saturated rings. The molecule has 0 N–H and O–H groups in total. The number of anilines is 1. The Kier molecular flexibility index (Phi) is 4.39. The van der Waals surface area contributed by atoms with Crippen molar-refractivity contribution in [3.63, 3.8) is 0 Å². The minimum Gasteiger partial charge on any atom is -0.346 e. The second kappa shape index (κ2) is 6.66. The smallest absolute Gasteiger partial charge is 0.205 e. The molecule has 0 bridgehead atoms. The van der Waals surface area contributed by atoms with Gasteiger partial charge in [-0.3, -0.25) is 4.90 Å². The van der Waals surface area contributed by atoms with Crippen LogP contribution in [0.1, 0.15) is 17.9 Å². The van der Waals surface area contributed by atoms with Crippen molar-refractivity contribution in [2.24, 2.45) is 0 Å². The average Bonchev–Trinajstić information content (AvgIpc) is 3.07. The van der Waals surface area contributed by atoms with Crippen LogP contribution in [-0.4, -0.2) is 49.8 Å². The third-order valence-electron chi connectivity index (χ3n) is 4.23. The summed E-state index contributed by atoms with van der Waals surface area (Å²) in [5.41, 5.74) is 2.02. The quantitative estimate of drug-likeness (QED) is 0.717. The average molecular weight is 363 g/mol. The van der Waals surface area contributed by atoms with E-state index in [0.717, 1.165) is 66.5 Å². The van der Waals surface area contributed by atoms with Gasteiger partial charge in [-0.25, -0.2) is 9.97 Å². The number of halogens is 1. The molecular weight excluding hydrogens is 344 g/mol. The van der Waals surface area contributed by atoms with Crippen molar-refractivity contribution in [1.29, 1.82) is 0 Å². The van der Waals surface area contributed by atoms with Crippen molar-refractivity contribution in [3.05, 3.63) is 41.1 Å². The van der Waals surface area contributed by atoms with Crippen molar-refractivity contribution in [3.8, 4) is 0 Å². The molecule has 0 aliphatic carbocycles. The molecule has 1 aliphatic heterocycles. The van der Waals surface area contributed by atoms with Gasteiger partial charge in [0.2, 0.25) is 5.13 Å². The van der Waals surface area contributed by atoms with Gasteiger partial charge >= 0.3 is 0 Å². The predicted molar refractivity (Wildman–Crippen MR) is 97.0 cm³/mol. The van der Waals surface area contributed by atoms with Gasteiger partial charge in [0, 0.05) is 56.6 Å². The normalized spacial score (nSPS) is 16.7. The third-order valence-corrected chi connectivity index (χ3v) is 5.32. The first-order valence-corrected chi connectivity index (χ1v) is 9.23. The lowest BCUT2D eigenvalue weighted by Crippen LogP contribution is -2.30. The van der Waals surface area contributed by atoms with Crippen molar-refractivity contribution in [2.45, 2.75) is 19.9 Å². The maximum atomic E-state index is 6.04. The van der Waals surface area contributed by atoms with Crippen LogP contribution in [0.25, 0.3) is 5.65 Å². The molecule has 24 heavy (non-hydrogen) atoms. The Morgan fingerprint density at radius 2 is 2.04 bits per heavy atom. The molecule has 8 heteroatoms. The highest BCUT2D eigenvalue weighted by Gasteiger charge is 2.18. The molecule has 126 valence electrons. The van der Waals surface area contributed by atoms with Crippen LogP contribution in [0.2, 0.25) is 5.02 Å². The molecule has 1 aliphatic rings. The highest BCUT2D eigenvalue weighted by Crippen LogP contribution is 2.19. The molecule has 0 amide bonds. The maximum Gasteiger partial charge on any atom is 0.205 e. The SMILES string of the molecule is Cc1nsc(N2CCCN(Cc3cn4cc(Cl)ccc4n3)CC2)n1. The zero-order valence-electron chi connectivity index (χ0n) is 13.5. The topological polar surface area (TPSA) is 49.6 Å². The van der Waals surface area contributed by atoms with Crippen LogP contribution < -0.4 is 4.90 Å².